The predicted octanol–water partition coefficient (Wildman–Crippen LogP) is 1.53. The van der Waals surface area contributed by atoms with Crippen LogP contribution in [0.5, 0.6) is 0 Å². The number of aromatic nitrogens is 3. The van der Waals surface area contributed by atoms with E-state index in [0.29, 0.717) is 21.6 Å². The monoisotopic (exact) mass is 285 g/mol. The van der Waals surface area contributed by atoms with E-state index in [-0.39, 0.29) is 5.95 Å². The van der Waals surface area contributed by atoms with Crippen molar-refractivity contribution in [3.8, 4) is 5.69 Å². The zero-order valence-electron chi connectivity index (χ0n) is 9.32. The minimum atomic E-state index is -0.506. The van der Waals surface area contributed by atoms with Gasteiger partial charge in [-0.25, -0.2) is 15.2 Å². The van der Waals surface area contributed by atoms with Crippen LogP contribution in [0.3, 0.4) is 0 Å². The Morgan fingerprint density at radius 3 is 2.56 bits per heavy atom. The Morgan fingerprint density at radius 2 is 2.00 bits per heavy atom. The predicted molar refractivity (Wildman–Crippen MR) is 70.2 cm³/mol. The SMILES string of the molecule is Cc1nc(NN)nc(=O)n1-c1ccc(Cl)c(Cl)c1. The average Bonchev–Trinajstić information content (AvgIpc) is 2.32. The second-order valence-electron chi connectivity index (χ2n) is 3.46. The molecule has 0 unspecified atom stereocenters. The van der Waals surface area contributed by atoms with Gasteiger partial charge in [0, 0.05) is 0 Å². The van der Waals surface area contributed by atoms with Crippen LogP contribution in [0.4, 0.5) is 5.95 Å². The number of nitrogen functional groups attached to an aromatic ring is 1. The number of hydrogen-bond acceptors (Lipinski definition) is 5. The smallest absolute Gasteiger partial charge is 0.292 e. The number of hydrazine groups is 1. The second kappa shape index (κ2) is 4.93. The molecule has 18 heavy (non-hydrogen) atoms. The summed E-state index contributed by atoms with van der Waals surface area (Å²) in [5, 5.41) is 0.758. The third-order valence-corrected chi connectivity index (χ3v) is 3.01. The molecule has 0 aliphatic rings. The molecular weight excluding hydrogens is 277 g/mol. The standard InChI is InChI=1S/C10H9Cl2N5O/c1-5-14-9(16-13)15-10(18)17(5)6-2-3-7(11)8(12)4-6/h2-4H,13H2,1H3,(H,15,16,18). The Hall–Kier alpha value is -1.63. The molecule has 0 saturated carbocycles. The average molecular weight is 286 g/mol. The number of rotatable bonds is 2. The van der Waals surface area contributed by atoms with Crippen molar-refractivity contribution >= 4 is 29.2 Å². The van der Waals surface area contributed by atoms with Crippen molar-refractivity contribution in [3.63, 3.8) is 0 Å². The van der Waals surface area contributed by atoms with E-state index in [1.54, 1.807) is 25.1 Å². The summed E-state index contributed by atoms with van der Waals surface area (Å²) in [6.45, 7) is 1.66. The van der Waals surface area contributed by atoms with Gasteiger partial charge in [0.2, 0.25) is 5.95 Å². The molecule has 94 valence electrons. The van der Waals surface area contributed by atoms with Crippen molar-refractivity contribution < 1.29 is 0 Å². The van der Waals surface area contributed by atoms with Gasteiger partial charge in [-0.1, -0.05) is 23.2 Å². The Bertz CT molecular complexity index is 655. The molecule has 0 fully saturated rings. The summed E-state index contributed by atoms with van der Waals surface area (Å²) in [6.07, 6.45) is 0. The lowest BCUT2D eigenvalue weighted by Crippen LogP contribution is -2.27. The normalized spacial score (nSPS) is 10.4. The number of benzene rings is 1. The highest BCUT2D eigenvalue weighted by atomic mass is 35.5. The van der Waals surface area contributed by atoms with Crippen molar-refractivity contribution in [1.82, 2.24) is 14.5 Å². The van der Waals surface area contributed by atoms with Gasteiger partial charge in [0.25, 0.3) is 0 Å². The molecule has 0 aliphatic carbocycles. The van der Waals surface area contributed by atoms with Crippen molar-refractivity contribution in [2.75, 3.05) is 5.43 Å². The van der Waals surface area contributed by atoms with Gasteiger partial charge in [-0.2, -0.15) is 9.97 Å². The van der Waals surface area contributed by atoms with E-state index in [2.05, 4.69) is 15.4 Å². The van der Waals surface area contributed by atoms with Gasteiger partial charge >= 0.3 is 5.69 Å². The largest absolute Gasteiger partial charge is 0.356 e. The van der Waals surface area contributed by atoms with E-state index < -0.39 is 5.69 Å². The van der Waals surface area contributed by atoms with Gasteiger partial charge in [-0.05, 0) is 25.1 Å². The number of hydrogen-bond donors (Lipinski definition) is 2. The number of nitrogens with one attached hydrogen (secondary N) is 1. The fourth-order valence-corrected chi connectivity index (χ4v) is 1.79. The number of halogens is 2. The summed E-state index contributed by atoms with van der Waals surface area (Å²) in [7, 11) is 0. The van der Waals surface area contributed by atoms with Crippen LogP contribution in [0, 0.1) is 6.92 Å². The molecule has 0 aliphatic heterocycles. The first-order chi connectivity index (χ1) is 8.52. The lowest BCUT2D eigenvalue weighted by molar-refractivity contribution is 0.811. The van der Waals surface area contributed by atoms with Crippen LogP contribution in [-0.4, -0.2) is 14.5 Å². The minimum absolute atomic E-state index is 0.0637. The summed E-state index contributed by atoms with van der Waals surface area (Å²) < 4.78 is 1.31. The zero-order chi connectivity index (χ0) is 13.3. The fourth-order valence-electron chi connectivity index (χ4n) is 1.49. The molecule has 8 heteroatoms. The molecule has 0 spiro atoms. The second-order valence-corrected chi connectivity index (χ2v) is 4.27. The first-order valence-electron chi connectivity index (χ1n) is 4.92. The third kappa shape index (κ3) is 2.31. The van der Waals surface area contributed by atoms with Crippen LogP contribution >= 0.6 is 23.2 Å². The molecule has 0 atom stereocenters. The van der Waals surface area contributed by atoms with Crippen molar-refractivity contribution in [2.24, 2.45) is 5.84 Å². The molecule has 0 amide bonds. The maximum Gasteiger partial charge on any atom is 0.356 e. The number of anilines is 1. The van der Waals surface area contributed by atoms with Crippen LogP contribution in [-0.2, 0) is 0 Å². The van der Waals surface area contributed by atoms with Crippen molar-refractivity contribution in [3.05, 3.63) is 44.6 Å². The van der Waals surface area contributed by atoms with Crippen LogP contribution in [0.25, 0.3) is 5.69 Å². The highest BCUT2D eigenvalue weighted by Gasteiger charge is 2.09. The van der Waals surface area contributed by atoms with Gasteiger partial charge in [0.15, 0.2) is 0 Å². The Kier molecular flexibility index (Phi) is 3.51. The Morgan fingerprint density at radius 1 is 1.28 bits per heavy atom. The highest BCUT2D eigenvalue weighted by Crippen LogP contribution is 2.24. The molecule has 6 nitrogen and oxygen atoms in total. The summed E-state index contributed by atoms with van der Waals surface area (Å²) in [6, 6.07) is 4.82. The molecule has 0 saturated heterocycles. The number of nitrogens with two attached hydrogens (primary N) is 1. The molecular formula is C10H9Cl2N5O. The maximum absolute atomic E-state index is 11.9. The number of aryl methyl sites for hydroxylation is 1. The van der Waals surface area contributed by atoms with Gasteiger partial charge in [-0.3, -0.25) is 5.43 Å². The summed E-state index contributed by atoms with van der Waals surface area (Å²) in [4.78, 5) is 19.5. The van der Waals surface area contributed by atoms with Crippen LogP contribution in [0.15, 0.2) is 23.0 Å². The molecule has 1 aromatic carbocycles. The Labute approximate surface area is 112 Å². The topological polar surface area (TPSA) is 85.8 Å². The lowest BCUT2D eigenvalue weighted by atomic mass is 10.3. The van der Waals surface area contributed by atoms with E-state index in [9.17, 15) is 4.79 Å². The van der Waals surface area contributed by atoms with Crippen LogP contribution < -0.4 is 17.0 Å². The van der Waals surface area contributed by atoms with Crippen LogP contribution in [0.2, 0.25) is 10.0 Å². The molecule has 3 N–H and O–H groups in total. The van der Waals surface area contributed by atoms with E-state index in [4.69, 9.17) is 29.0 Å². The first-order valence-corrected chi connectivity index (χ1v) is 5.68. The first kappa shape index (κ1) is 12.8. The van der Waals surface area contributed by atoms with Gasteiger partial charge in [0.05, 0.1) is 15.7 Å². The molecule has 1 aromatic heterocycles. The maximum atomic E-state index is 11.9. The molecule has 1 heterocycles. The quantitative estimate of drug-likeness (QED) is 0.646. The third-order valence-electron chi connectivity index (χ3n) is 2.27. The van der Waals surface area contributed by atoms with E-state index in [0.717, 1.165) is 0 Å². The molecule has 0 bridgehead atoms. The highest BCUT2D eigenvalue weighted by molar-refractivity contribution is 6.42. The molecule has 0 radical (unpaired) electrons. The summed E-state index contributed by atoms with van der Waals surface area (Å²) >= 11 is 11.7. The van der Waals surface area contributed by atoms with Gasteiger partial charge in [-0.15, -0.1) is 0 Å². The lowest BCUT2D eigenvalue weighted by Gasteiger charge is -2.10. The van der Waals surface area contributed by atoms with Crippen molar-refractivity contribution in [1.29, 1.82) is 0 Å². The molecule has 2 rings (SSSR count). The Balaban J connectivity index is 2.64. The molecule has 2 aromatic rings. The van der Waals surface area contributed by atoms with E-state index >= 15 is 0 Å². The minimum Gasteiger partial charge on any atom is -0.292 e. The van der Waals surface area contributed by atoms with Gasteiger partial charge in [0.1, 0.15) is 5.82 Å². The fraction of sp³-hybridized carbons (Fsp3) is 0.100. The summed E-state index contributed by atoms with van der Waals surface area (Å²) in [5.74, 6) is 5.65. The van der Waals surface area contributed by atoms with E-state index in [1.807, 2.05) is 0 Å². The van der Waals surface area contributed by atoms with E-state index in [1.165, 1.54) is 4.57 Å². The van der Waals surface area contributed by atoms with Crippen LogP contribution in [0.1, 0.15) is 5.82 Å². The number of nitrogens with zero attached hydrogens (tertiary/aromatic N) is 3. The van der Waals surface area contributed by atoms with Crippen molar-refractivity contribution in [2.45, 2.75) is 6.92 Å². The van der Waals surface area contributed by atoms with Gasteiger partial charge < -0.3 is 0 Å². The summed E-state index contributed by atoms with van der Waals surface area (Å²) in [5.41, 5.74) is 2.26. The zero-order valence-corrected chi connectivity index (χ0v) is 10.8.